The van der Waals surface area contributed by atoms with Gasteiger partial charge in [-0.1, -0.05) is 44.2 Å². The van der Waals surface area contributed by atoms with Gasteiger partial charge in [0.15, 0.2) is 0 Å². The van der Waals surface area contributed by atoms with E-state index in [1.165, 1.54) is 17.7 Å². The highest BCUT2D eigenvalue weighted by Gasteiger charge is 2.27. The molecule has 1 saturated heterocycles. The number of benzene rings is 1. The summed E-state index contributed by atoms with van der Waals surface area (Å²) in [6.45, 7) is 8.09. The number of carbonyl (C=O) groups is 2. The van der Waals surface area contributed by atoms with E-state index in [-0.39, 0.29) is 22.2 Å². The number of amides is 2. The van der Waals surface area contributed by atoms with Gasteiger partial charge in [0.05, 0.1) is 9.80 Å². The second-order valence-corrected chi connectivity index (χ2v) is 8.87. The second-order valence-electron chi connectivity index (χ2n) is 7.81. The van der Waals surface area contributed by atoms with Gasteiger partial charge in [0.1, 0.15) is 0 Å². The van der Waals surface area contributed by atoms with Crippen molar-refractivity contribution in [2.75, 3.05) is 26.2 Å². The van der Waals surface area contributed by atoms with Gasteiger partial charge in [0, 0.05) is 37.8 Å². The molecule has 1 aromatic carbocycles. The molecule has 0 radical (unpaired) electrons. The highest BCUT2D eigenvalue weighted by Crippen LogP contribution is 2.26. The molecule has 1 aliphatic heterocycles. The molecule has 148 valence electrons. The first-order valence-electron chi connectivity index (χ1n) is 9.10. The van der Waals surface area contributed by atoms with Gasteiger partial charge in [-0.25, -0.2) is 0 Å². The van der Waals surface area contributed by atoms with Gasteiger partial charge in [0.2, 0.25) is 0 Å². The van der Waals surface area contributed by atoms with Crippen LogP contribution in [-0.4, -0.2) is 52.7 Å². The minimum absolute atomic E-state index is 0.0322. The quantitative estimate of drug-likeness (QED) is 0.582. The van der Waals surface area contributed by atoms with Crippen molar-refractivity contribution in [3.8, 4) is 0 Å². The molecule has 0 aliphatic carbocycles. The van der Waals surface area contributed by atoms with Crippen molar-refractivity contribution in [1.82, 2.24) is 9.80 Å². The monoisotopic (exact) mass is 401 g/mol. The number of thiophene rings is 1. The number of piperazine rings is 1. The second kappa shape index (κ2) is 7.71. The highest BCUT2D eigenvalue weighted by molar-refractivity contribution is 7.17. The van der Waals surface area contributed by atoms with Gasteiger partial charge in [0.25, 0.3) is 11.8 Å². The zero-order valence-electron chi connectivity index (χ0n) is 16.2. The summed E-state index contributed by atoms with van der Waals surface area (Å²) in [4.78, 5) is 39.3. The van der Waals surface area contributed by atoms with Crippen LogP contribution in [0.25, 0.3) is 0 Å². The summed E-state index contributed by atoms with van der Waals surface area (Å²) >= 11 is 0.879. The normalized spacial score (nSPS) is 14.8. The lowest BCUT2D eigenvalue weighted by Gasteiger charge is -2.34. The molecule has 2 aromatic rings. The van der Waals surface area contributed by atoms with Crippen LogP contribution in [0.15, 0.2) is 36.4 Å². The van der Waals surface area contributed by atoms with E-state index in [2.05, 4.69) is 20.8 Å². The van der Waals surface area contributed by atoms with Gasteiger partial charge >= 0.3 is 5.00 Å². The summed E-state index contributed by atoms with van der Waals surface area (Å²) < 4.78 is 0. The lowest BCUT2D eigenvalue weighted by atomic mass is 9.86. The molecule has 2 heterocycles. The Morgan fingerprint density at radius 1 is 0.929 bits per heavy atom. The number of carbonyl (C=O) groups excluding carboxylic acids is 2. The standard InChI is InChI=1S/C20H23N3O4S/c1-20(2,3)15-6-4-14(5-7-15)18(24)21-10-12-22(13-11-21)19(25)16-8-9-17(28-16)23(26)27/h4-9H,10-13H2,1-3H3. The molecule has 28 heavy (non-hydrogen) atoms. The molecule has 0 bridgehead atoms. The Labute approximate surface area is 167 Å². The Morgan fingerprint density at radius 3 is 1.93 bits per heavy atom. The SMILES string of the molecule is CC(C)(C)c1ccc(C(=O)N2CCN(C(=O)c3ccc([N+](=O)[O-])s3)CC2)cc1. The smallest absolute Gasteiger partial charge is 0.324 e. The molecule has 1 fully saturated rings. The molecule has 0 unspecified atom stereocenters. The van der Waals surface area contributed by atoms with Crippen LogP contribution < -0.4 is 0 Å². The lowest BCUT2D eigenvalue weighted by Crippen LogP contribution is -2.50. The van der Waals surface area contributed by atoms with E-state index >= 15 is 0 Å². The van der Waals surface area contributed by atoms with E-state index < -0.39 is 4.92 Å². The molecule has 0 N–H and O–H groups in total. The van der Waals surface area contributed by atoms with Crippen LogP contribution in [-0.2, 0) is 5.41 Å². The fourth-order valence-corrected chi connectivity index (χ4v) is 3.89. The average molecular weight is 401 g/mol. The molecule has 1 aliphatic rings. The highest BCUT2D eigenvalue weighted by atomic mass is 32.1. The predicted molar refractivity (Wildman–Crippen MR) is 108 cm³/mol. The largest absolute Gasteiger partial charge is 0.335 e. The third-order valence-corrected chi connectivity index (χ3v) is 5.86. The molecule has 7 nitrogen and oxygen atoms in total. The zero-order valence-corrected chi connectivity index (χ0v) is 17.0. The maximum absolute atomic E-state index is 12.7. The van der Waals surface area contributed by atoms with Crippen molar-refractivity contribution in [1.29, 1.82) is 0 Å². The molecule has 0 saturated carbocycles. The third kappa shape index (κ3) is 4.22. The fraction of sp³-hybridized carbons (Fsp3) is 0.400. The molecular formula is C20H23N3O4S. The molecule has 3 rings (SSSR count). The van der Waals surface area contributed by atoms with Crippen molar-refractivity contribution in [3.63, 3.8) is 0 Å². The van der Waals surface area contributed by atoms with E-state index in [9.17, 15) is 19.7 Å². The van der Waals surface area contributed by atoms with E-state index in [0.717, 1.165) is 11.3 Å². The number of hydrogen-bond donors (Lipinski definition) is 0. The summed E-state index contributed by atoms with van der Waals surface area (Å²) in [6.07, 6.45) is 0. The number of hydrogen-bond acceptors (Lipinski definition) is 5. The summed E-state index contributed by atoms with van der Waals surface area (Å²) in [5.41, 5.74) is 1.84. The molecular weight excluding hydrogens is 378 g/mol. The van der Waals surface area contributed by atoms with Crippen molar-refractivity contribution in [2.45, 2.75) is 26.2 Å². The topological polar surface area (TPSA) is 83.8 Å². The van der Waals surface area contributed by atoms with Crippen LogP contribution in [0.4, 0.5) is 5.00 Å². The van der Waals surface area contributed by atoms with E-state index in [0.29, 0.717) is 36.6 Å². The Morgan fingerprint density at radius 2 is 1.46 bits per heavy atom. The summed E-state index contributed by atoms with van der Waals surface area (Å²) in [5, 5.41) is 10.7. The van der Waals surface area contributed by atoms with Crippen molar-refractivity contribution >= 4 is 28.2 Å². The Bertz CT molecular complexity index is 891. The lowest BCUT2D eigenvalue weighted by molar-refractivity contribution is -0.380. The third-order valence-electron chi connectivity index (χ3n) is 4.83. The Hall–Kier alpha value is -2.74. The first-order valence-corrected chi connectivity index (χ1v) is 9.92. The minimum atomic E-state index is -0.497. The molecule has 0 spiro atoms. The molecule has 1 aromatic heterocycles. The summed E-state index contributed by atoms with van der Waals surface area (Å²) in [7, 11) is 0. The summed E-state index contributed by atoms with van der Waals surface area (Å²) in [6, 6.07) is 10.5. The van der Waals surface area contributed by atoms with E-state index in [4.69, 9.17) is 0 Å². The van der Waals surface area contributed by atoms with Gasteiger partial charge in [-0.3, -0.25) is 19.7 Å². The Balaban J connectivity index is 1.60. The Kier molecular flexibility index (Phi) is 5.51. The molecule has 8 heteroatoms. The average Bonchev–Trinajstić information content (AvgIpc) is 3.17. The fourth-order valence-electron chi connectivity index (χ4n) is 3.10. The molecule has 0 atom stereocenters. The van der Waals surface area contributed by atoms with Gasteiger partial charge in [-0.2, -0.15) is 0 Å². The van der Waals surface area contributed by atoms with Crippen molar-refractivity contribution in [3.05, 3.63) is 62.5 Å². The van der Waals surface area contributed by atoms with Crippen LogP contribution >= 0.6 is 11.3 Å². The van der Waals surface area contributed by atoms with Crippen LogP contribution in [0, 0.1) is 10.1 Å². The summed E-state index contributed by atoms with van der Waals surface area (Å²) in [5.74, 6) is -0.265. The van der Waals surface area contributed by atoms with E-state index in [1.807, 2.05) is 24.3 Å². The maximum Gasteiger partial charge on any atom is 0.324 e. The number of nitro groups is 1. The molecule has 2 amide bonds. The van der Waals surface area contributed by atoms with Crippen LogP contribution in [0.2, 0.25) is 0 Å². The first-order chi connectivity index (χ1) is 13.2. The van der Waals surface area contributed by atoms with Crippen LogP contribution in [0.5, 0.6) is 0 Å². The first kappa shape index (κ1) is 20.0. The van der Waals surface area contributed by atoms with Crippen molar-refractivity contribution < 1.29 is 14.5 Å². The number of nitrogens with zero attached hydrogens (tertiary/aromatic N) is 3. The van der Waals surface area contributed by atoms with E-state index in [1.54, 1.807) is 9.80 Å². The number of rotatable bonds is 3. The minimum Gasteiger partial charge on any atom is -0.335 e. The van der Waals surface area contributed by atoms with Gasteiger partial charge in [-0.05, 0) is 29.2 Å². The van der Waals surface area contributed by atoms with Crippen LogP contribution in [0.3, 0.4) is 0 Å². The zero-order chi connectivity index (χ0) is 20.5. The van der Waals surface area contributed by atoms with Crippen molar-refractivity contribution in [2.24, 2.45) is 0 Å². The van der Waals surface area contributed by atoms with Crippen LogP contribution in [0.1, 0.15) is 46.4 Å². The maximum atomic E-state index is 12.7. The van der Waals surface area contributed by atoms with Gasteiger partial charge < -0.3 is 9.80 Å². The van der Waals surface area contributed by atoms with Gasteiger partial charge in [-0.15, -0.1) is 0 Å². The predicted octanol–water partition coefficient (Wildman–Crippen LogP) is 3.55.